The molecule has 1 fully saturated rings. The zero-order valence-corrected chi connectivity index (χ0v) is 14.0. The van der Waals surface area contributed by atoms with Crippen LogP contribution in [0.1, 0.15) is 37.7 Å². The highest BCUT2D eigenvalue weighted by molar-refractivity contribution is 7.92. The highest BCUT2D eigenvalue weighted by Gasteiger charge is 2.15. The van der Waals surface area contributed by atoms with Gasteiger partial charge in [0.15, 0.2) is 0 Å². The van der Waals surface area contributed by atoms with Gasteiger partial charge in [-0.05, 0) is 30.4 Å². The number of hydrogen-bond donors (Lipinski definition) is 2. The maximum Gasteiger partial charge on any atom is 0.233 e. The van der Waals surface area contributed by atoms with Crippen LogP contribution in [-0.2, 0) is 14.8 Å². The standard InChI is InChI=1S/C17H24N2O3S/c20-17(18-14-16-8-4-5-9-16)10-12-19-23(21,22)13-11-15-6-2-1-3-7-15/h1-3,6-7,11,13,16,19H,4-5,8-10,12,14H2,(H,18,20)/b13-11+. The van der Waals surface area contributed by atoms with Crippen molar-refractivity contribution in [2.45, 2.75) is 32.1 Å². The number of amides is 1. The van der Waals surface area contributed by atoms with E-state index in [1.165, 1.54) is 31.8 Å². The molecule has 0 aromatic heterocycles. The molecular weight excluding hydrogens is 312 g/mol. The molecule has 0 unspecified atom stereocenters. The van der Waals surface area contributed by atoms with E-state index >= 15 is 0 Å². The van der Waals surface area contributed by atoms with Crippen LogP contribution in [0.2, 0.25) is 0 Å². The number of benzene rings is 1. The maximum atomic E-state index is 11.8. The molecule has 1 aromatic carbocycles. The Hall–Kier alpha value is -1.66. The lowest BCUT2D eigenvalue weighted by atomic mass is 10.1. The van der Waals surface area contributed by atoms with Crippen molar-refractivity contribution in [3.05, 3.63) is 41.3 Å². The molecule has 2 N–H and O–H groups in total. The molecule has 1 amide bonds. The van der Waals surface area contributed by atoms with Gasteiger partial charge in [0.1, 0.15) is 0 Å². The van der Waals surface area contributed by atoms with Gasteiger partial charge in [-0.1, -0.05) is 43.2 Å². The first-order valence-corrected chi connectivity index (χ1v) is 9.59. The van der Waals surface area contributed by atoms with Gasteiger partial charge >= 0.3 is 0 Å². The van der Waals surface area contributed by atoms with Gasteiger partial charge in [0.25, 0.3) is 0 Å². The van der Waals surface area contributed by atoms with Crippen LogP contribution < -0.4 is 10.0 Å². The largest absolute Gasteiger partial charge is 0.356 e. The molecule has 0 radical (unpaired) electrons. The van der Waals surface area contributed by atoms with Crippen LogP contribution in [0.25, 0.3) is 6.08 Å². The second kappa shape index (κ2) is 8.84. The van der Waals surface area contributed by atoms with Crippen LogP contribution in [0.5, 0.6) is 0 Å². The van der Waals surface area contributed by atoms with E-state index in [1.807, 2.05) is 30.3 Å². The van der Waals surface area contributed by atoms with Gasteiger partial charge < -0.3 is 5.32 Å². The molecule has 5 nitrogen and oxygen atoms in total. The lowest BCUT2D eigenvalue weighted by Crippen LogP contribution is -2.32. The minimum Gasteiger partial charge on any atom is -0.356 e. The first kappa shape index (κ1) is 17.7. The third-order valence-electron chi connectivity index (χ3n) is 3.96. The molecule has 0 saturated heterocycles. The average molecular weight is 336 g/mol. The Morgan fingerprint density at radius 3 is 2.57 bits per heavy atom. The summed E-state index contributed by atoms with van der Waals surface area (Å²) in [5, 5.41) is 4.00. The van der Waals surface area contributed by atoms with Crippen LogP contribution in [0.4, 0.5) is 0 Å². The molecule has 0 atom stereocenters. The molecule has 1 aliphatic carbocycles. The van der Waals surface area contributed by atoms with Crippen molar-refractivity contribution in [2.24, 2.45) is 5.92 Å². The number of rotatable bonds is 8. The fourth-order valence-corrected chi connectivity index (χ4v) is 3.47. The Morgan fingerprint density at radius 2 is 1.87 bits per heavy atom. The molecular formula is C17H24N2O3S. The molecule has 0 aliphatic heterocycles. The van der Waals surface area contributed by atoms with Gasteiger partial charge in [-0.25, -0.2) is 13.1 Å². The summed E-state index contributed by atoms with van der Waals surface area (Å²) in [6.07, 6.45) is 6.53. The highest BCUT2D eigenvalue weighted by Crippen LogP contribution is 2.23. The summed E-state index contributed by atoms with van der Waals surface area (Å²) in [4.78, 5) is 11.7. The summed E-state index contributed by atoms with van der Waals surface area (Å²) < 4.78 is 26.1. The molecule has 6 heteroatoms. The molecule has 23 heavy (non-hydrogen) atoms. The molecule has 126 valence electrons. The van der Waals surface area contributed by atoms with E-state index in [2.05, 4.69) is 10.0 Å². The van der Waals surface area contributed by atoms with Gasteiger partial charge in [-0.3, -0.25) is 4.79 Å². The van der Waals surface area contributed by atoms with E-state index in [4.69, 9.17) is 0 Å². The van der Waals surface area contributed by atoms with Gasteiger partial charge in [0.05, 0.1) is 0 Å². The monoisotopic (exact) mass is 336 g/mol. The van der Waals surface area contributed by atoms with Gasteiger partial charge in [-0.2, -0.15) is 0 Å². The van der Waals surface area contributed by atoms with E-state index in [1.54, 1.807) is 0 Å². The summed E-state index contributed by atoms with van der Waals surface area (Å²) in [5.74, 6) is 0.482. The smallest absolute Gasteiger partial charge is 0.233 e. The van der Waals surface area contributed by atoms with Crippen LogP contribution in [0.15, 0.2) is 35.7 Å². The first-order chi connectivity index (χ1) is 11.1. The SMILES string of the molecule is O=C(CCNS(=O)(=O)/C=C/c1ccccc1)NCC1CCCC1. The van der Waals surface area contributed by atoms with Gasteiger partial charge in [0.2, 0.25) is 15.9 Å². The highest BCUT2D eigenvalue weighted by atomic mass is 32.2. The Bertz CT molecular complexity index is 620. The van der Waals surface area contributed by atoms with Crippen LogP contribution in [-0.4, -0.2) is 27.4 Å². The zero-order valence-electron chi connectivity index (χ0n) is 13.2. The van der Waals surface area contributed by atoms with E-state index < -0.39 is 10.0 Å². The van der Waals surface area contributed by atoms with Crippen LogP contribution >= 0.6 is 0 Å². The maximum absolute atomic E-state index is 11.8. The molecule has 1 aliphatic rings. The predicted molar refractivity (Wildman–Crippen MR) is 92.0 cm³/mol. The summed E-state index contributed by atoms with van der Waals surface area (Å²) >= 11 is 0. The lowest BCUT2D eigenvalue weighted by Gasteiger charge is -2.10. The first-order valence-electron chi connectivity index (χ1n) is 8.05. The van der Waals surface area contributed by atoms with Crippen molar-refractivity contribution in [2.75, 3.05) is 13.1 Å². The minimum atomic E-state index is -3.52. The van der Waals surface area contributed by atoms with Crippen LogP contribution in [0.3, 0.4) is 0 Å². The molecule has 0 heterocycles. The van der Waals surface area contributed by atoms with Crippen molar-refractivity contribution < 1.29 is 13.2 Å². The fourth-order valence-electron chi connectivity index (χ4n) is 2.65. The molecule has 0 bridgehead atoms. The second-order valence-corrected chi connectivity index (χ2v) is 7.51. The van der Waals surface area contributed by atoms with Crippen molar-refractivity contribution in [3.8, 4) is 0 Å². The quantitative estimate of drug-likeness (QED) is 0.765. The summed E-state index contributed by atoms with van der Waals surface area (Å²) in [6, 6.07) is 9.20. The van der Waals surface area contributed by atoms with E-state index in [0.29, 0.717) is 12.5 Å². The summed E-state index contributed by atoms with van der Waals surface area (Å²) in [6.45, 7) is 0.817. The van der Waals surface area contributed by atoms with Crippen molar-refractivity contribution in [3.63, 3.8) is 0 Å². The Kier molecular flexibility index (Phi) is 6.80. The normalized spacial score (nSPS) is 16.0. The van der Waals surface area contributed by atoms with Gasteiger partial charge in [0, 0.05) is 24.9 Å². The van der Waals surface area contributed by atoms with Crippen LogP contribution in [0, 0.1) is 5.92 Å². The third-order valence-corrected chi connectivity index (χ3v) is 5.06. The topological polar surface area (TPSA) is 75.3 Å². The summed E-state index contributed by atoms with van der Waals surface area (Å²) in [5.41, 5.74) is 0.812. The number of carbonyl (C=O) groups is 1. The summed E-state index contributed by atoms with van der Waals surface area (Å²) in [7, 11) is -3.52. The molecule has 0 spiro atoms. The van der Waals surface area contributed by atoms with Crippen molar-refractivity contribution in [1.29, 1.82) is 0 Å². The Balaban J connectivity index is 1.67. The molecule has 2 rings (SSSR count). The average Bonchev–Trinajstić information content (AvgIpc) is 3.05. The Labute approximate surface area is 138 Å². The van der Waals surface area contributed by atoms with E-state index in [-0.39, 0.29) is 18.9 Å². The zero-order chi connectivity index (χ0) is 16.5. The van der Waals surface area contributed by atoms with Gasteiger partial charge in [-0.15, -0.1) is 0 Å². The predicted octanol–water partition coefficient (Wildman–Crippen LogP) is 2.27. The number of hydrogen-bond acceptors (Lipinski definition) is 3. The molecule has 1 saturated carbocycles. The number of nitrogens with one attached hydrogen (secondary N) is 2. The Morgan fingerprint density at radius 1 is 1.17 bits per heavy atom. The van der Waals surface area contributed by atoms with E-state index in [9.17, 15) is 13.2 Å². The van der Waals surface area contributed by atoms with Crippen molar-refractivity contribution in [1.82, 2.24) is 10.0 Å². The fraction of sp³-hybridized carbons (Fsp3) is 0.471. The van der Waals surface area contributed by atoms with Crippen molar-refractivity contribution >= 4 is 22.0 Å². The minimum absolute atomic E-state index is 0.105. The third kappa shape index (κ3) is 6.97. The molecule has 1 aromatic rings. The number of carbonyl (C=O) groups excluding carboxylic acids is 1. The van der Waals surface area contributed by atoms with E-state index in [0.717, 1.165) is 11.0 Å². The second-order valence-electron chi connectivity index (χ2n) is 5.86. The number of sulfonamides is 1. The lowest BCUT2D eigenvalue weighted by molar-refractivity contribution is -0.121.